The summed E-state index contributed by atoms with van der Waals surface area (Å²) in [5.74, 6) is -0.649. The first kappa shape index (κ1) is 21.3. The number of amides is 2. The molecular weight excluding hydrogens is 278 g/mol. The third-order valence-corrected chi connectivity index (χ3v) is 2.22. The van der Waals surface area contributed by atoms with Gasteiger partial charge in [0.25, 0.3) is 5.97 Å². The molecule has 0 spiro atoms. The molecule has 1 aliphatic heterocycles. The van der Waals surface area contributed by atoms with E-state index in [9.17, 15) is 19.2 Å². The molecule has 0 aromatic carbocycles. The maximum atomic E-state index is 10.5. The molecule has 7 nitrogen and oxygen atoms in total. The number of ketones is 2. The summed E-state index contributed by atoms with van der Waals surface area (Å²) in [5, 5.41) is 9.56. The van der Waals surface area contributed by atoms with E-state index < -0.39 is 5.97 Å². The Morgan fingerprint density at radius 3 is 1.19 bits per heavy atom. The molecule has 2 rings (SSSR count). The Balaban J connectivity index is 0. The largest absolute Gasteiger partial charge is 0.481 e. The van der Waals surface area contributed by atoms with E-state index in [2.05, 4.69) is 5.32 Å². The summed E-state index contributed by atoms with van der Waals surface area (Å²) >= 11 is 0. The van der Waals surface area contributed by atoms with Crippen LogP contribution in [-0.2, 0) is 24.0 Å². The average molecular weight is 301 g/mol. The van der Waals surface area contributed by atoms with Crippen molar-refractivity contribution < 1.29 is 29.1 Å². The molecule has 0 aromatic rings. The molecule has 1 aliphatic carbocycles. The third kappa shape index (κ3) is 15.9. The molecule has 2 aliphatic rings. The minimum absolute atomic E-state index is 0.148. The van der Waals surface area contributed by atoms with Crippen molar-refractivity contribution in [1.29, 1.82) is 0 Å². The van der Waals surface area contributed by atoms with Gasteiger partial charge in [-0.15, -0.1) is 0 Å². The van der Waals surface area contributed by atoms with Gasteiger partial charge in [-0.25, -0.2) is 0 Å². The van der Waals surface area contributed by atoms with Crippen LogP contribution in [0.2, 0.25) is 0 Å². The topological polar surface area (TPSA) is 118 Å². The minimum atomic E-state index is -0.833. The number of rotatable bonds is 0. The van der Waals surface area contributed by atoms with Crippen LogP contribution in [0.15, 0.2) is 0 Å². The highest BCUT2D eigenvalue weighted by atomic mass is 16.4. The van der Waals surface area contributed by atoms with Crippen LogP contribution < -0.4 is 5.32 Å². The molecule has 1 saturated heterocycles. The van der Waals surface area contributed by atoms with E-state index in [0.717, 1.165) is 6.92 Å². The first-order valence-corrected chi connectivity index (χ1v) is 6.87. The van der Waals surface area contributed by atoms with Crippen molar-refractivity contribution in [1.82, 2.24) is 5.32 Å². The lowest BCUT2D eigenvalue weighted by atomic mass is 9.98. The number of hydrogen-bond acceptors (Lipinski definition) is 5. The maximum absolute atomic E-state index is 10.5. The molecule has 2 fully saturated rings. The highest BCUT2D eigenvalue weighted by Gasteiger charge is 2.15. The number of Topliss-reactive ketones (excluding diaryl/α,β-unsaturated/α-hetero) is 2. The first-order valence-electron chi connectivity index (χ1n) is 6.87. The van der Waals surface area contributed by atoms with E-state index in [1.807, 2.05) is 13.8 Å². The Kier molecular flexibility index (Phi) is 13.1. The fourth-order valence-electron chi connectivity index (χ4n) is 1.32. The molecule has 2 amide bonds. The summed E-state index contributed by atoms with van der Waals surface area (Å²) in [6, 6.07) is 0. The predicted octanol–water partition coefficient (Wildman–Crippen LogP) is 1.24. The van der Waals surface area contributed by atoms with Crippen LogP contribution in [0, 0.1) is 0 Å². The Morgan fingerprint density at radius 1 is 0.810 bits per heavy atom. The molecular formula is C14H23NO6. The van der Waals surface area contributed by atoms with Gasteiger partial charge in [-0.3, -0.25) is 29.3 Å². The number of hydrogen-bond donors (Lipinski definition) is 2. The van der Waals surface area contributed by atoms with Crippen LogP contribution in [0.4, 0.5) is 0 Å². The van der Waals surface area contributed by atoms with Crippen molar-refractivity contribution in [2.45, 2.75) is 59.3 Å². The minimum Gasteiger partial charge on any atom is -0.481 e. The van der Waals surface area contributed by atoms with Gasteiger partial charge in [-0.1, -0.05) is 13.8 Å². The number of carbonyl (C=O) groups is 5. The average Bonchev–Trinajstić information content (AvgIpc) is 2.79. The number of carboxylic acid groups (broad SMARTS) is 1. The standard InChI is InChI=1S/C6H8O2.C4H5NO2.C2H4O2.C2H6/c7-5-1-2-6(8)4-3-5;6-3-1-2-4(7)5-3;1-2(3)4;1-2/h1-4H2;1-2H2,(H,5,6,7);1H3,(H,3,4);1-2H3. The SMILES string of the molecule is CC.CC(=O)O.O=C1CCC(=O)CC1.O=C1CCC(=O)N1. The Bertz CT molecular complexity index is 343. The third-order valence-electron chi connectivity index (χ3n) is 2.22. The van der Waals surface area contributed by atoms with Gasteiger partial charge in [0.2, 0.25) is 11.8 Å². The van der Waals surface area contributed by atoms with Crippen molar-refractivity contribution in [2.75, 3.05) is 0 Å². The first-order chi connectivity index (χ1) is 9.81. The second kappa shape index (κ2) is 13.0. The normalized spacial score (nSPS) is 16.3. The molecule has 21 heavy (non-hydrogen) atoms. The Hall–Kier alpha value is -2.05. The number of nitrogens with one attached hydrogen (secondary N) is 1. The lowest BCUT2D eigenvalue weighted by Crippen LogP contribution is -2.18. The number of carboxylic acids is 1. The van der Waals surface area contributed by atoms with Gasteiger partial charge in [0.15, 0.2) is 0 Å². The van der Waals surface area contributed by atoms with Crippen LogP contribution in [0.25, 0.3) is 0 Å². The van der Waals surface area contributed by atoms with Gasteiger partial charge < -0.3 is 5.11 Å². The summed E-state index contributed by atoms with van der Waals surface area (Å²) in [5.41, 5.74) is 0. The quantitative estimate of drug-likeness (QED) is 0.650. The van der Waals surface area contributed by atoms with Gasteiger partial charge in [0.1, 0.15) is 11.6 Å². The highest BCUT2D eigenvalue weighted by molar-refractivity contribution is 6.01. The molecule has 0 atom stereocenters. The van der Waals surface area contributed by atoms with Gasteiger partial charge in [-0.2, -0.15) is 0 Å². The lowest BCUT2D eigenvalue weighted by Gasteiger charge is -2.04. The lowest BCUT2D eigenvalue weighted by molar-refractivity contribution is -0.134. The molecule has 7 heteroatoms. The van der Waals surface area contributed by atoms with E-state index >= 15 is 0 Å². The second-order valence-corrected chi connectivity index (χ2v) is 4.07. The molecule has 2 N–H and O–H groups in total. The van der Waals surface area contributed by atoms with Crippen molar-refractivity contribution in [3.05, 3.63) is 0 Å². The highest BCUT2D eigenvalue weighted by Crippen LogP contribution is 2.09. The van der Waals surface area contributed by atoms with Crippen molar-refractivity contribution >= 4 is 29.4 Å². The van der Waals surface area contributed by atoms with E-state index in [1.54, 1.807) is 0 Å². The molecule has 0 radical (unpaired) electrons. The van der Waals surface area contributed by atoms with Gasteiger partial charge in [-0.05, 0) is 0 Å². The summed E-state index contributed by atoms with van der Waals surface area (Å²) in [6.45, 7) is 5.08. The molecule has 0 unspecified atom stereocenters. The zero-order valence-corrected chi connectivity index (χ0v) is 12.7. The number of carbonyl (C=O) groups excluding carboxylic acids is 4. The monoisotopic (exact) mass is 301 g/mol. The Labute approximate surface area is 124 Å². The molecule has 0 bridgehead atoms. The van der Waals surface area contributed by atoms with Crippen LogP contribution >= 0.6 is 0 Å². The van der Waals surface area contributed by atoms with E-state index in [-0.39, 0.29) is 23.4 Å². The van der Waals surface area contributed by atoms with Crippen molar-refractivity contribution in [3.8, 4) is 0 Å². The molecule has 0 aromatic heterocycles. The summed E-state index contributed by atoms with van der Waals surface area (Å²) in [7, 11) is 0. The fraction of sp³-hybridized carbons (Fsp3) is 0.643. The van der Waals surface area contributed by atoms with Crippen LogP contribution in [0.5, 0.6) is 0 Å². The maximum Gasteiger partial charge on any atom is 0.300 e. The fourth-order valence-corrected chi connectivity index (χ4v) is 1.32. The summed E-state index contributed by atoms with van der Waals surface area (Å²) < 4.78 is 0. The van der Waals surface area contributed by atoms with E-state index in [1.165, 1.54) is 0 Å². The molecule has 1 heterocycles. The zero-order chi connectivity index (χ0) is 16.8. The van der Waals surface area contributed by atoms with Crippen molar-refractivity contribution in [2.24, 2.45) is 0 Å². The van der Waals surface area contributed by atoms with E-state index in [4.69, 9.17) is 9.90 Å². The smallest absolute Gasteiger partial charge is 0.300 e. The molecule has 120 valence electrons. The van der Waals surface area contributed by atoms with Gasteiger partial charge >= 0.3 is 0 Å². The zero-order valence-electron chi connectivity index (χ0n) is 12.7. The second-order valence-electron chi connectivity index (χ2n) is 4.07. The summed E-state index contributed by atoms with van der Waals surface area (Å²) in [6.07, 6.45) is 2.69. The van der Waals surface area contributed by atoms with Gasteiger partial charge in [0, 0.05) is 45.4 Å². The Morgan fingerprint density at radius 2 is 1.05 bits per heavy atom. The predicted molar refractivity (Wildman–Crippen MR) is 75.5 cm³/mol. The van der Waals surface area contributed by atoms with E-state index in [0.29, 0.717) is 38.5 Å². The number of aliphatic carboxylic acids is 1. The van der Waals surface area contributed by atoms with Crippen LogP contribution in [0.3, 0.4) is 0 Å². The van der Waals surface area contributed by atoms with Crippen LogP contribution in [-0.4, -0.2) is 34.5 Å². The van der Waals surface area contributed by atoms with Crippen LogP contribution in [0.1, 0.15) is 59.3 Å². The molecule has 1 saturated carbocycles. The number of imide groups is 1. The van der Waals surface area contributed by atoms with Gasteiger partial charge in [0.05, 0.1) is 0 Å². The summed E-state index contributed by atoms with van der Waals surface area (Å²) in [4.78, 5) is 50.2. The van der Waals surface area contributed by atoms with Crippen molar-refractivity contribution in [3.63, 3.8) is 0 Å².